The average Bonchev–Trinajstić information content (AvgIpc) is 2.85. The van der Waals surface area contributed by atoms with Crippen LogP contribution in [0.1, 0.15) is 22.3 Å². The minimum absolute atomic E-state index is 0.369. The lowest BCUT2D eigenvalue weighted by Crippen LogP contribution is -2.23. The quantitative estimate of drug-likeness (QED) is 0.735. The van der Waals surface area contributed by atoms with Crippen LogP contribution in [0.25, 0.3) is 0 Å². The topological polar surface area (TPSA) is 59.0 Å². The minimum atomic E-state index is -0.863. The molecule has 1 aliphatic heterocycles. The number of benzene rings is 1. The van der Waals surface area contributed by atoms with Crippen LogP contribution in [-0.4, -0.2) is 51.1 Å². The summed E-state index contributed by atoms with van der Waals surface area (Å²) in [6, 6.07) is 5.37. The van der Waals surface area contributed by atoms with Crippen molar-refractivity contribution in [3.8, 4) is 0 Å². The van der Waals surface area contributed by atoms with Crippen LogP contribution in [0.3, 0.4) is 0 Å². The minimum Gasteiger partial charge on any atom is -0.478 e. The maximum absolute atomic E-state index is 10.9. The van der Waals surface area contributed by atoms with Gasteiger partial charge in [0.15, 0.2) is 0 Å². The second-order valence-corrected chi connectivity index (χ2v) is 4.84. The van der Waals surface area contributed by atoms with Gasteiger partial charge in [0.25, 0.3) is 0 Å². The predicted molar refractivity (Wildman–Crippen MR) is 76.6 cm³/mol. The number of methoxy groups -OCH3 is 1. The molecule has 1 aromatic carbocycles. The van der Waals surface area contributed by atoms with Gasteiger partial charge in [-0.3, -0.25) is 0 Å². The van der Waals surface area contributed by atoms with Crippen molar-refractivity contribution in [2.45, 2.75) is 12.8 Å². The van der Waals surface area contributed by atoms with Crippen LogP contribution >= 0.6 is 0 Å². The number of ether oxygens (including phenoxy) is 2. The molecule has 110 valence electrons. The van der Waals surface area contributed by atoms with Gasteiger partial charge >= 0.3 is 5.97 Å². The molecule has 0 amide bonds. The molecule has 0 fully saturated rings. The van der Waals surface area contributed by atoms with Gasteiger partial charge in [-0.15, -0.1) is 0 Å². The number of aromatic carboxylic acids is 1. The molecule has 1 aliphatic rings. The number of carbonyl (C=O) groups is 1. The summed E-state index contributed by atoms with van der Waals surface area (Å²) in [5, 5.41) is 8.99. The second-order valence-electron chi connectivity index (χ2n) is 4.84. The van der Waals surface area contributed by atoms with E-state index in [2.05, 4.69) is 4.90 Å². The number of carboxylic acid groups (broad SMARTS) is 1. The number of anilines is 1. The molecule has 1 aromatic rings. The molecule has 0 bridgehead atoms. The van der Waals surface area contributed by atoms with Crippen molar-refractivity contribution in [3.05, 3.63) is 29.3 Å². The number of fused-ring (bicyclic) bond motifs is 1. The van der Waals surface area contributed by atoms with Crippen LogP contribution in [0.5, 0.6) is 0 Å². The third-order valence-electron chi connectivity index (χ3n) is 3.47. The zero-order valence-corrected chi connectivity index (χ0v) is 11.8. The first-order chi connectivity index (χ1) is 9.72. The van der Waals surface area contributed by atoms with E-state index < -0.39 is 5.97 Å². The smallest absolute Gasteiger partial charge is 0.335 e. The lowest BCUT2D eigenvalue weighted by atomic mass is 10.1. The third-order valence-corrected chi connectivity index (χ3v) is 3.47. The predicted octanol–water partition coefficient (Wildman–Crippen LogP) is 1.80. The Morgan fingerprint density at radius 1 is 1.35 bits per heavy atom. The molecule has 0 unspecified atom stereocenters. The van der Waals surface area contributed by atoms with E-state index >= 15 is 0 Å². The number of rotatable bonds is 8. The van der Waals surface area contributed by atoms with Gasteiger partial charge in [-0.25, -0.2) is 4.79 Å². The summed E-state index contributed by atoms with van der Waals surface area (Å²) in [5.41, 5.74) is 2.66. The molecule has 5 heteroatoms. The molecular weight excluding hydrogens is 258 g/mol. The van der Waals surface area contributed by atoms with Crippen LogP contribution in [0, 0.1) is 0 Å². The van der Waals surface area contributed by atoms with Crippen LogP contribution in [-0.2, 0) is 15.9 Å². The van der Waals surface area contributed by atoms with Crippen LogP contribution in [0.4, 0.5) is 5.69 Å². The van der Waals surface area contributed by atoms with Gasteiger partial charge in [0.2, 0.25) is 0 Å². The first kappa shape index (κ1) is 14.8. The summed E-state index contributed by atoms with van der Waals surface area (Å²) in [7, 11) is 1.66. The molecule has 0 aromatic heterocycles. The standard InChI is InChI=1S/C15H21NO4/c1-19-9-10-20-8-2-6-16-7-5-12-11-13(15(17)18)3-4-14(12)16/h3-4,11H,2,5-10H2,1H3,(H,17,18). The lowest BCUT2D eigenvalue weighted by Gasteiger charge is -2.19. The maximum Gasteiger partial charge on any atom is 0.335 e. The molecule has 0 aliphatic carbocycles. The fraction of sp³-hybridized carbons (Fsp3) is 0.533. The molecule has 0 radical (unpaired) electrons. The van der Waals surface area contributed by atoms with Crippen LogP contribution < -0.4 is 4.90 Å². The monoisotopic (exact) mass is 279 g/mol. The van der Waals surface area contributed by atoms with Gasteiger partial charge in [0.05, 0.1) is 18.8 Å². The van der Waals surface area contributed by atoms with E-state index in [4.69, 9.17) is 14.6 Å². The first-order valence-electron chi connectivity index (χ1n) is 6.90. The van der Waals surface area contributed by atoms with E-state index in [0.29, 0.717) is 18.8 Å². The molecule has 0 saturated carbocycles. The fourth-order valence-corrected chi connectivity index (χ4v) is 2.44. The van der Waals surface area contributed by atoms with E-state index in [1.54, 1.807) is 19.2 Å². The van der Waals surface area contributed by atoms with E-state index in [1.807, 2.05) is 6.07 Å². The van der Waals surface area contributed by atoms with E-state index in [9.17, 15) is 4.79 Å². The Morgan fingerprint density at radius 2 is 2.20 bits per heavy atom. The third kappa shape index (κ3) is 3.71. The van der Waals surface area contributed by atoms with Crippen molar-refractivity contribution in [3.63, 3.8) is 0 Å². The van der Waals surface area contributed by atoms with Crippen molar-refractivity contribution in [1.29, 1.82) is 0 Å². The summed E-state index contributed by atoms with van der Waals surface area (Å²) in [5.74, 6) is -0.863. The summed E-state index contributed by atoms with van der Waals surface area (Å²) in [4.78, 5) is 13.2. The molecule has 5 nitrogen and oxygen atoms in total. The van der Waals surface area contributed by atoms with E-state index in [-0.39, 0.29) is 0 Å². The number of nitrogens with zero attached hydrogens (tertiary/aromatic N) is 1. The highest BCUT2D eigenvalue weighted by Crippen LogP contribution is 2.28. The molecule has 1 N–H and O–H groups in total. The molecule has 1 heterocycles. The Hall–Kier alpha value is -1.59. The van der Waals surface area contributed by atoms with Crippen molar-refractivity contribution in [2.75, 3.05) is 44.9 Å². The molecule has 2 rings (SSSR count). The van der Waals surface area contributed by atoms with Crippen molar-refractivity contribution >= 4 is 11.7 Å². The molecule has 0 saturated heterocycles. The van der Waals surface area contributed by atoms with Gasteiger partial charge in [-0.1, -0.05) is 0 Å². The van der Waals surface area contributed by atoms with Gasteiger partial charge < -0.3 is 19.5 Å². The average molecular weight is 279 g/mol. The highest BCUT2D eigenvalue weighted by molar-refractivity contribution is 5.88. The maximum atomic E-state index is 10.9. The Balaban J connectivity index is 1.81. The first-order valence-corrected chi connectivity index (χ1v) is 6.90. The van der Waals surface area contributed by atoms with Crippen LogP contribution in [0.15, 0.2) is 18.2 Å². The van der Waals surface area contributed by atoms with E-state index in [1.165, 1.54) is 0 Å². The summed E-state index contributed by atoms with van der Waals surface area (Å²) in [6.45, 7) is 3.88. The molecule has 0 atom stereocenters. The summed E-state index contributed by atoms with van der Waals surface area (Å²) >= 11 is 0. The fourth-order valence-electron chi connectivity index (χ4n) is 2.44. The van der Waals surface area contributed by atoms with Gasteiger partial charge in [0.1, 0.15) is 0 Å². The Morgan fingerprint density at radius 3 is 2.95 bits per heavy atom. The number of hydrogen-bond acceptors (Lipinski definition) is 4. The SMILES string of the molecule is COCCOCCCN1CCc2cc(C(=O)O)ccc21. The highest BCUT2D eigenvalue weighted by Gasteiger charge is 2.19. The number of hydrogen-bond donors (Lipinski definition) is 1. The van der Waals surface area contributed by atoms with Crippen molar-refractivity contribution in [2.24, 2.45) is 0 Å². The van der Waals surface area contributed by atoms with Gasteiger partial charge in [0, 0.05) is 32.5 Å². The Labute approximate surface area is 119 Å². The van der Waals surface area contributed by atoms with Crippen LogP contribution in [0.2, 0.25) is 0 Å². The Kier molecular flexibility index (Phi) is 5.38. The summed E-state index contributed by atoms with van der Waals surface area (Å²) in [6.07, 6.45) is 1.88. The van der Waals surface area contributed by atoms with Crippen molar-refractivity contribution in [1.82, 2.24) is 0 Å². The molecule has 0 spiro atoms. The van der Waals surface area contributed by atoms with Crippen molar-refractivity contribution < 1.29 is 19.4 Å². The Bertz CT molecular complexity index is 461. The largest absolute Gasteiger partial charge is 0.478 e. The zero-order chi connectivity index (χ0) is 14.4. The second kappa shape index (κ2) is 7.26. The highest BCUT2D eigenvalue weighted by atomic mass is 16.5. The molecule has 20 heavy (non-hydrogen) atoms. The number of carboxylic acids is 1. The van der Waals surface area contributed by atoms with E-state index in [0.717, 1.165) is 43.8 Å². The lowest BCUT2D eigenvalue weighted by molar-refractivity contribution is 0.0696. The molecular formula is C15H21NO4. The zero-order valence-electron chi connectivity index (χ0n) is 11.8. The normalized spacial score (nSPS) is 13.6. The van der Waals surface area contributed by atoms with Gasteiger partial charge in [-0.05, 0) is 36.6 Å². The summed E-state index contributed by atoms with van der Waals surface area (Å²) < 4.78 is 10.4. The van der Waals surface area contributed by atoms with Gasteiger partial charge in [-0.2, -0.15) is 0 Å².